The number of hydrogen-bond acceptors (Lipinski definition) is 3. The third-order valence-electron chi connectivity index (χ3n) is 3.03. The Morgan fingerprint density at radius 2 is 2.30 bits per heavy atom. The van der Waals surface area contributed by atoms with Crippen molar-refractivity contribution in [3.8, 4) is 0 Å². The molecular weight excluding hydrogens is 338 g/mol. The summed E-state index contributed by atoms with van der Waals surface area (Å²) in [6, 6.07) is 7.56. The normalized spacial score (nSPS) is 10.9. The van der Waals surface area contributed by atoms with Crippen molar-refractivity contribution in [2.24, 2.45) is 7.05 Å². The minimum atomic E-state index is -0.0814. The molecule has 0 aliphatic carbocycles. The number of aromatic nitrogens is 2. The van der Waals surface area contributed by atoms with Gasteiger partial charge in [-0.2, -0.15) is 0 Å². The van der Waals surface area contributed by atoms with Crippen LogP contribution < -0.4 is 5.32 Å². The van der Waals surface area contributed by atoms with Crippen LogP contribution in [-0.2, 0) is 13.6 Å². The van der Waals surface area contributed by atoms with Crippen LogP contribution >= 0.6 is 27.3 Å². The van der Waals surface area contributed by atoms with Crippen LogP contribution in [0.2, 0.25) is 0 Å². The molecule has 2 heterocycles. The summed E-state index contributed by atoms with van der Waals surface area (Å²) in [6.07, 6.45) is 1.75. The maximum Gasteiger partial charge on any atom is 0.251 e. The molecule has 0 aliphatic heterocycles. The molecule has 0 fully saturated rings. The largest absolute Gasteiger partial charge is 0.347 e. The number of thiophene rings is 1. The predicted octanol–water partition coefficient (Wildman–Crippen LogP) is 3.33. The average molecular weight is 350 g/mol. The van der Waals surface area contributed by atoms with Crippen LogP contribution in [0.4, 0.5) is 0 Å². The van der Waals surface area contributed by atoms with Crippen molar-refractivity contribution in [3.05, 3.63) is 50.9 Å². The number of halogens is 1. The van der Waals surface area contributed by atoms with Crippen molar-refractivity contribution in [3.63, 3.8) is 0 Å². The summed E-state index contributed by atoms with van der Waals surface area (Å²) in [5.41, 5.74) is 2.48. The predicted molar refractivity (Wildman–Crippen MR) is 83.9 cm³/mol. The molecule has 0 atom stereocenters. The van der Waals surface area contributed by atoms with Crippen molar-refractivity contribution < 1.29 is 4.79 Å². The summed E-state index contributed by atoms with van der Waals surface area (Å²) in [7, 11) is 1.93. The number of amides is 1. The van der Waals surface area contributed by atoms with Crippen LogP contribution in [0.15, 0.2) is 40.4 Å². The third kappa shape index (κ3) is 2.62. The Morgan fingerprint density at radius 1 is 1.45 bits per heavy atom. The van der Waals surface area contributed by atoms with Crippen LogP contribution in [-0.4, -0.2) is 15.5 Å². The minimum Gasteiger partial charge on any atom is -0.347 e. The molecule has 0 bridgehead atoms. The van der Waals surface area contributed by atoms with E-state index in [1.54, 1.807) is 17.7 Å². The maximum atomic E-state index is 12.1. The van der Waals surface area contributed by atoms with Crippen molar-refractivity contribution in [1.82, 2.24) is 14.9 Å². The first kappa shape index (κ1) is 13.3. The first-order valence-electron chi connectivity index (χ1n) is 6.05. The molecule has 0 saturated heterocycles. The van der Waals surface area contributed by atoms with Gasteiger partial charge in [0.15, 0.2) is 0 Å². The van der Waals surface area contributed by atoms with E-state index in [4.69, 9.17) is 0 Å². The van der Waals surface area contributed by atoms with Crippen LogP contribution in [0.1, 0.15) is 15.2 Å². The molecule has 6 heteroatoms. The Bertz CT molecular complexity index is 778. The molecule has 20 heavy (non-hydrogen) atoms. The molecular formula is C14H12BrN3OS. The number of hydrogen-bond donors (Lipinski definition) is 1. The number of nitrogens with zero attached hydrogens (tertiary/aromatic N) is 2. The number of fused-ring (bicyclic) bond motifs is 1. The van der Waals surface area contributed by atoms with Gasteiger partial charge in [-0.25, -0.2) is 4.98 Å². The molecule has 0 radical (unpaired) electrons. The highest BCUT2D eigenvalue weighted by molar-refractivity contribution is 9.10. The van der Waals surface area contributed by atoms with Gasteiger partial charge in [0.05, 0.1) is 23.9 Å². The van der Waals surface area contributed by atoms with Crippen LogP contribution in [0.3, 0.4) is 0 Å². The number of carbonyl (C=O) groups is 1. The number of nitrogens with one attached hydrogen (secondary N) is 1. The van der Waals surface area contributed by atoms with Crippen LogP contribution in [0.5, 0.6) is 0 Å². The number of benzene rings is 1. The molecule has 0 unspecified atom stereocenters. The van der Waals surface area contributed by atoms with E-state index in [9.17, 15) is 4.79 Å². The van der Waals surface area contributed by atoms with Gasteiger partial charge in [0, 0.05) is 27.3 Å². The van der Waals surface area contributed by atoms with Crippen molar-refractivity contribution in [2.45, 2.75) is 6.54 Å². The lowest BCUT2D eigenvalue weighted by Gasteiger charge is -2.04. The molecule has 1 N–H and O–H groups in total. The van der Waals surface area contributed by atoms with E-state index in [2.05, 4.69) is 26.2 Å². The highest BCUT2D eigenvalue weighted by atomic mass is 79.9. The van der Waals surface area contributed by atoms with Gasteiger partial charge in [-0.3, -0.25) is 4.79 Å². The lowest BCUT2D eigenvalue weighted by atomic mass is 10.2. The molecule has 3 aromatic rings. The zero-order valence-electron chi connectivity index (χ0n) is 10.8. The summed E-state index contributed by atoms with van der Waals surface area (Å²) in [5, 5.41) is 4.92. The molecule has 4 nitrogen and oxygen atoms in total. The summed E-state index contributed by atoms with van der Waals surface area (Å²) in [5.74, 6) is -0.0814. The van der Waals surface area contributed by atoms with E-state index in [-0.39, 0.29) is 5.91 Å². The second-order valence-electron chi connectivity index (χ2n) is 4.47. The smallest absolute Gasteiger partial charge is 0.251 e. The van der Waals surface area contributed by atoms with Gasteiger partial charge >= 0.3 is 0 Å². The molecule has 102 valence electrons. The molecule has 2 aromatic heterocycles. The Labute approximate surface area is 128 Å². The van der Waals surface area contributed by atoms with Crippen molar-refractivity contribution >= 4 is 44.2 Å². The number of carbonyl (C=O) groups excluding carboxylic acids is 1. The fraction of sp³-hybridized carbons (Fsp3) is 0.143. The molecule has 3 rings (SSSR count). The van der Waals surface area contributed by atoms with Crippen molar-refractivity contribution in [1.29, 1.82) is 0 Å². The van der Waals surface area contributed by atoms with Crippen molar-refractivity contribution in [2.75, 3.05) is 0 Å². The molecule has 1 aromatic carbocycles. The number of aryl methyl sites for hydroxylation is 1. The van der Waals surface area contributed by atoms with Crippen LogP contribution in [0.25, 0.3) is 11.0 Å². The lowest BCUT2D eigenvalue weighted by molar-refractivity contribution is 0.0951. The Balaban J connectivity index is 1.75. The van der Waals surface area contributed by atoms with Gasteiger partial charge in [0.25, 0.3) is 5.91 Å². The summed E-state index contributed by atoms with van der Waals surface area (Å²) in [6.45, 7) is 0.537. The maximum absolute atomic E-state index is 12.1. The van der Waals surface area contributed by atoms with Gasteiger partial charge in [-0.1, -0.05) is 0 Å². The van der Waals surface area contributed by atoms with Gasteiger partial charge in [0.1, 0.15) is 0 Å². The van der Waals surface area contributed by atoms with Gasteiger partial charge in [-0.05, 0) is 40.2 Å². The van der Waals surface area contributed by atoms with E-state index in [1.807, 2.05) is 41.3 Å². The van der Waals surface area contributed by atoms with Gasteiger partial charge in [0.2, 0.25) is 0 Å². The average Bonchev–Trinajstić information content (AvgIpc) is 3.02. The Morgan fingerprint density at radius 3 is 3.05 bits per heavy atom. The topological polar surface area (TPSA) is 46.9 Å². The fourth-order valence-corrected chi connectivity index (χ4v) is 3.38. The Kier molecular flexibility index (Phi) is 3.58. The number of imidazole rings is 1. The highest BCUT2D eigenvalue weighted by Crippen LogP contribution is 2.19. The minimum absolute atomic E-state index is 0.0814. The lowest BCUT2D eigenvalue weighted by Crippen LogP contribution is -2.22. The molecule has 0 spiro atoms. The van der Waals surface area contributed by atoms with E-state index in [1.165, 1.54) is 0 Å². The quantitative estimate of drug-likeness (QED) is 0.788. The third-order valence-corrected chi connectivity index (χ3v) is 4.73. The Hall–Kier alpha value is -1.66. The zero-order chi connectivity index (χ0) is 14.1. The van der Waals surface area contributed by atoms with E-state index < -0.39 is 0 Å². The first-order chi connectivity index (χ1) is 9.63. The second kappa shape index (κ2) is 5.38. The van der Waals surface area contributed by atoms with Crippen LogP contribution in [0, 0.1) is 0 Å². The van der Waals surface area contributed by atoms with Gasteiger partial charge in [-0.15, -0.1) is 11.3 Å². The zero-order valence-corrected chi connectivity index (χ0v) is 13.2. The monoisotopic (exact) mass is 349 g/mol. The van der Waals surface area contributed by atoms with E-state index >= 15 is 0 Å². The summed E-state index contributed by atoms with van der Waals surface area (Å²) in [4.78, 5) is 17.5. The number of rotatable bonds is 3. The highest BCUT2D eigenvalue weighted by Gasteiger charge is 2.08. The second-order valence-corrected chi connectivity index (χ2v) is 6.38. The summed E-state index contributed by atoms with van der Waals surface area (Å²) < 4.78 is 2.97. The molecule has 1 amide bonds. The standard InChI is InChI=1S/C14H12BrN3OS/c1-18-8-17-12-4-9(2-3-13(12)18)14(19)16-6-11-5-10(15)7-20-11/h2-5,7-8H,6H2,1H3,(H,16,19). The molecule has 0 aliphatic rings. The van der Waals surface area contributed by atoms with E-state index in [0.29, 0.717) is 12.1 Å². The molecule has 0 saturated carbocycles. The SMILES string of the molecule is Cn1cnc2cc(C(=O)NCc3cc(Br)cs3)ccc21. The summed E-state index contributed by atoms with van der Waals surface area (Å²) >= 11 is 5.02. The fourth-order valence-electron chi connectivity index (χ4n) is 1.99. The van der Waals surface area contributed by atoms with Gasteiger partial charge < -0.3 is 9.88 Å². The van der Waals surface area contributed by atoms with E-state index in [0.717, 1.165) is 20.4 Å². The first-order valence-corrected chi connectivity index (χ1v) is 7.73.